The molecule has 1 saturated carbocycles. The largest absolute Gasteiger partial charge is 0.486 e. The summed E-state index contributed by atoms with van der Waals surface area (Å²) in [6.45, 7) is 3.12. The molecular formula is C15H16BrNO3. The average molecular weight is 338 g/mol. The Hall–Kier alpha value is -1.32. The zero-order chi connectivity index (χ0) is 14.2. The zero-order valence-electron chi connectivity index (χ0n) is 11.4. The Bertz CT molecular complexity index is 587. The Balaban J connectivity index is 2.18. The number of nitrogens with zero attached hydrogens (tertiary/aromatic N) is 1. The molecule has 0 amide bonds. The summed E-state index contributed by atoms with van der Waals surface area (Å²) in [4.78, 5) is 15.0. The zero-order valence-corrected chi connectivity index (χ0v) is 13.0. The van der Waals surface area contributed by atoms with Crippen LogP contribution in [0.15, 0.2) is 15.5 Å². The van der Waals surface area contributed by atoms with Gasteiger partial charge in [-0.05, 0) is 47.3 Å². The molecule has 4 nitrogen and oxygen atoms in total. The summed E-state index contributed by atoms with van der Waals surface area (Å²) < 4.78 is 12.3. The lowest BCUT2D eigenvalue weighted by Gasteiger charge is -2.29. The standard InChI is InChI=1S/C15H16BrNO3/c1-10-11(15(17-9-18)4-2-3-5-15)8-12(16)14-13(10)19-6-7-20-14/h8H,2-7H2,1H3. The third kappa shape index (κ3) is 2.05. The topological polar surface area (TPSA) is 47.9 Å². The van der Waals surface area contributed by atoms with Crippen LogP contribution >= 0.6 is 15.9 Å². The molecular weight excluding hydrogens is 322 g/mol. The average Bonchev–Trinajstić information content (AvgIpc) is 2.93. The summed E-state index contributed by atoms with van der Waals surface area (Å²) in [6, 6.07) is 2.02. The molecule has 1 fully saturated rings. The van der Waals surface area contributed by atoms with Crippen LogP contribution in [0.4, 0.5) is 0 Å². The van der Waals surface area contributed by atoms with Crippen LogP contribution in [-0.4, -0.2) is 19.3 Å². The highest BCUT2D eigenvalue weighted by Crippen LogP contribution is 2.50. The molecule has 5 heteroatoms. The predicted molar refractivity (Wildman–Crippen MR) is 78.1 cm³/mol. The fourth-order valence-corrected chi connectivity index (χ4v) is 3.79. The molecule has 1 aromatic carbocycles. The highest BCUT2D eigenvalue weighted by Gasteiger charge is 2.39. The van der Waals surface area contributed by atoms with E-state index in [0.717, 1.165) is 52.8 Å². The van der Waals surface area contributed by atoms with Crippen LogP contribution in [0, 0.1) is 6.92 Å². The Kier molecular flexibility index (Phi) is 3.57. The maximum Gasteiger partial charge on any atom is 0.235 e. The van der Waals surface area contributed by atoms with Crippen molar-refractivity contribution in [1.29, 1.82) is 0 Å². The van der Waals surface area contributed by atoms with Gasteiger partial charge in [0.2, 0.25) is 6.08 Å². The van der Waals surface area contributed by atoms with Crippen LogP contribution in [0.1, 0.15) is 36.8 Å². The molecule has 3 rings (SSSR count). The quantitative estimate of drug-likeness (QED) is 0.611. The van der Waals surface area contributed by atoms with Crippen LogP contribution in [0.3, 0.4) is 0 Å². The summed E-state index contributed by atoms with van der Waals surface area (Å²) in [7, 11) is 0. The van der Waals surface area contributed by atoms with Crippen molar-refractivity contribution in [2.24, 2.45) is 4.99 Å². The molecule has 106 valence electrons. The fraction of sp³-hybridized carbons (Fsp3) is 0.533. The van der Waals surface area contributed by atoms with E-state index in [1.54, 1.807) is 6.08 Å². The van der Waals surface area contributed by atoms with E-state index < -0.39 is 5.54 Å². The molecule has 1 heterocycles. The number of benzene rings is 1. The second-order valence-corrected chi connectivity index (χ2v) is 6.18. The first-order chi connectivity index (χ1) is 9.68. The van der Waals surface area contributed by atoms with Gasteiger partial charge < -0.3 is 9.47 Å². The van der Waals surface area contributed by atoms with E-state index in [2.05, 4.69) is 20.9 Å². The van der Waals surface area contributed by atoms with E-state index in [9.17, 15) is 4.79 Å². The minimum absolute atomic E-state index is 0.440. The molecule has 1 aliphatic heterocycles. The van der Waals surface area contributed by atoms with Crippen LogP contribution < -0.4 is 9.47 Å². The Labute approximate surface area is 126 Å². The molecule has 0 unspecified atom stereocenters. The molecule has 0 N–H and O–H groups in total. The van der Waals surface area contributed by atoms with Crippen molar-refractivity contribution < 1.29 is 14.3 Å². The molecule has 1 aromatic rings. The normalized spacial score (nSPS) is 19.5. The monoisotopic (exact) mass is 337 g/mol. The van der Waals surface area contributed by atoms with E-state index in [-0.39, 0.29) is 0 Å². The lowest BCUT2D eigenvalue weighted by molar-refractivity contribution is 0.168. The first-order valence-electron chi connectivity index (χ1n) is 6.86. The second-order valence-electron chi connectivity index (χ2n) is 5.33. The van der Waals surface area contributed by atoms with Gasteiger partial charge in [-0.2, -0.15) is 4.99 Å². The van der Waals surface area contributed by atoms with Crippen LogP contribution in [0.5, 0.6) is 11.5 Å². The van der Waals surface area contributed by atoms with Gasteiger partial charge in [0, 0.05) is 5.56 Å². The van der Waals surface area contributed by atoms with Gasteiger partial charge in [0.05, 0.1) is 10.0 Å². The maximum atomic E-state index is 10.9. The number of aliphatic imine (C=N–C) groups is 1. The molecule has 0 atom stereocenters. The minimum atomic E-state index is -0.440. The van der Waals surface area contributed by atoms with Gasteiger partial charge >= 0.3 is 0 Å². The number of halogens is 1. The lowest BCUT2D eigenvalue weighted by Crippen LogP contribution is -2.23. The first kappa shape index (κ1) is 13.7. The van der Waals surface area contributed by atoms with Crippen LogP contribution in [-0.2, 0) is 10.3 Å². The first-order valence-corrected chi connectivity index (χ1v) is 7.65. The van der Waals surface area contributed by atoms with Crippen molar-refractivity contribution in [3.05, 3.63) is 21.7 Å². The molecule has 0 spiro atoms. The number of hydrogen-bond acceptors (Lipinski definition) is 4. The molecule has 1 aliphatic carbocycles. The number of ether oxygens (including phenoxy) is 2. The van der Waals surface area contributed by atoms with Gasteiger partial charge in [-0.3, -0.25) is 0 Å². The summed E-state index contributed by atoms with van der Waals surface area (Å²) in [5, 5.41) is 0. The fourth-order valence-electron chi connectivity index (χ4n) is 3.27. The minimum Gasteiger partial charge on any atom is -0.486 e. The third-order valence-corrected chi connectivity index (χ3v) is 4.80. The number of rotatable bonds is 2. The van der Waals surface area contributed by atoms with Gasteiger partial charge in [0.25, 0.3) is 0 Å². The van der Waals surface area contributed by atoms with E-state index in [0.29, 0.717) is 13.2 Å². The molecule has 0 bridgehead atoms. The SMILES string of the molecule is Cc1c(C2(N=C=O)CCCC2)cc(Br)c2c1OCCO2. The predicted octanol–water partition coefficient (Wildman–Crippen LogP) is 3.63. The summed E-state index contributed by atoms with van der Waals surface area (Å²) >= 11 is 3.54. The third-order valence-electron chi connectivity index (χ3n) is 4.21. The van der Waals surface area contributed by atoms with Gasteiger partial charge in [0.15, 0.2) is 11.5 Å². The van der Waals surface area contributed by atoms with Crippen LogP contribution in [0.25, 0.3) is 0 Å². The van der Waals surface area contributed by atoms with Crippen molar-refractivity contribution in [3.8, 4) is 11.5 Å². The highest BCUT2D eigenvalue weighted by molar-refractivity contribution is 9.10. The maximum absolute atomic E-state index is 10.9. The number of fused-ring (bicyclic) bond motifs is 1. The molecule has 0 saturated heterocycles. The van der Waals surface area contributed by atoms with Crippen molar-refractivity contribution in [2.75, 3.05) is 13.2 Å². The Morgan fingerprint density at radius 3 is 2.55 bits per heavy atom. The lowest BCUT2D eigenvalue weighted by atomic mass is 9.85. The molecule has 0 aromatic heterocycles. The van der Waals surface area contributed by atoms with Crippen molar-refractivity contribution in [2.45, 2.75) is 38.1 Å². The Morgan fingerprint density at radius 1 is 1.25 bits per heavy atom. The van der Waals surface area contributed by atoms with Gasteiger partial charge in [-0.15, -0.1) is 0 Å². The van der Waals surface area contributed by atoms with Crippen LogP contribution in [0.2, 0.25) is 0 Å². The van der Waals surface area contributed by atoms with Crippen molar-refractivity contribution >= 4 is 22.0 Å². The summed E-state index contributed by atoms with van der Waals surface area (Å²) in [5.74, 6) is 1.52. The van der Waals surface area contributed by atoms with Crippen molar-refractivity contribution in [3.63, 3.8) is 0 Å². The number of isocyanates is 1. The highest BCUT2D eigenvalue weighted by atomic mass is 79.9. The Morgan fingerprint density at radius 2 is 1.90 bits per heavy atom. The molecule has 2 aliphatic rings. The van der Waals surface area contributed by atoms with Gasteiger partial charge in [0.1, 0.15) is 13.2 Å². The van der Waals surface area contributed by atoms with E-state index in [1.807, 2.05) is 13.0 Å². The van der Waals surface area contributed by atoms with E-state index in [1.165, 1.54) is 0 Å². The number of hydrogen-bond donors (Lipinski definition) is 0. The summed E-state index contributed by atoms with van der Waals surface area (Å²) in [6.07, 6.45) is 5.69. The number of carbonyl (C=O) groups excluding carboxylic acids is 1. The summed E-state index contributed by atoms with van der Waals surface area (Å²) in [5.41, 5.74) is 1.63. The van der Waals surface area contributed by atoms with Crippen molar-refractivity contribution in [1.82, 2.24) is 0 Å². The van der Waals surface area contributed by atoms with Gasteiger partial charge in [-0.1, -0.05) is 12.8 Å². The van der Waals surface area contributed by atoms with E-state index in [4.69, 9.17) is 9.47 Å². The van der Waals surface area contributed by atoms with E-state index >= 15 is 0 Å². The van der Waals surface area contributed by atoms with Gasteiger partial charge in [-0.25, -0.2) is 4.79 Å². The molecule has 0 radical (unpaired) electrons. The smallest absolute Gasteiger partial charge is 0.235 e. The second kappa shape index (κ2) is 5.23. The molecule has 20 heavy (non-hydrogen) atoms.